The van der Waals surface area contributed by atoms with E-state index in [2.05, 4.69) is 44.0 Å². The molecule has 25 heavy (non-hydrogen) atoms. The van der Waals surface area contributed by atoms with Crippen LogP contribution >= 0.6 is 11.8 Å². The molecule has 1 saturated carbocycles. The Hall–Kier alpha value is -2.60. The molecule has 5 nitrogen and oxygen atoms in total. The first kappa shape index (κ1) is 15.9. The van der Waals surface area contributed by atoms with Crippen LogP contribution < -0.4 is 10.6 Å². The molecule has 3 aromatic rings. The quantitative estimate of drug-likeness (QED) is 0.635. The van der Waals surface area contributed by atoms with Crippen LogP contribution in [0, 0.1) is 0 Å². The average Bonchev–Trinajstić information content (AvgIpc) is 3.46. The lowest BCUT2D eigenvalue weighted by Crippen LogP contribution is -2.07. The molecule has 0 bridgehead atoms. The van der Waals surface area contributed by atoms with Gasteiger partial charge in [0.2, 0.25) is 5.95 Å². The van der Waals surface area contributed by atoms with Crippen molar-refractivity contribution in [2.45, 2.75) is 23.8 Å². The lowest BCUT2D eigenvalue weighted by molar-refractivity contribution is 1.06. The predicted octanol–water partition coefficient (Wildman–Crippen LogP) is 4.58. The van der Waals surface area contributed by atoms with Crippen molar-refractivity contribution >= 4 is 29.2 Å². The van der Waals surface area contributed by atoms with Crippen molar-refractivity contribution in [2.75, 3.05) is 16.9 Å². The van der Waals surface area contributed by atoms with E-state index in [0.717, 1.165) is 22.8 Å². The maximum absolute atomic E-state index is 4.65. The third kappa shape index (κ3) is 4.09. The molecule has 0 aliphatic heterocycles. The monoisotopic (exact) mass is 349 g/mol. The van der Waals surface area contributed by atoms with Crippen LogP contribution in [0.3, 0.4) is 0 Å². The topological polar surface area (TPSA) is 62.7 Å². The smallest absolute Gasteiger partial charge is 0.225 e. The second-order valence-corrected chi connectivity index (χ2v) is 6.86. The lowest BCUT2D eigenvalue weighted by atomic mass is 10.2. The minimum atomic E-state index is 0.497. The highest BCUT2D eigenvalue weighted by atomic mass is 32.2. The number of pyridine rings is 1. The zero-order chi connectivity index (χ0) is 17.1. The largest absolute Gasteiger partial charge is 0.351 e. The summed E-state index contributed by atoms with van der Waals surface area (Å²) in [7, 11) is 0. The Morgan fingerprint density at radius 1 is 1.08 bits per heavy atom. The first-order chi connectivity index (χ1) is 12.3. The predicted molar refractivity (Wildman–Crippen MR) is 103 cm³/mol. The van der Waals surface area contributed by atoms with Gasteiger partial charge in [0.1, 0.15) is 5.82 Å². The van der Waals surface area contributed by atoms with Gasteiger partial charge in [0.15, 0.2) is 0 Å². The summed E-state index contributed by atoms with van der Waals surface area (Å²) in [5, 5.41) is 6.79. The van der Waals surface area contributed by atoms with Crippen LogP contribution in [-0.2, 0) is 0 Å². The van der Waals surface area contributed by atoms with Gasteiger partial charge in [-0.05, 0) is 49.4 Å². The van der Waals surface area contributed by atoms with E-state index in [1.807, 2.05) is 36.5 Å². The van der Waals surface area contributed by atoms with E-state index in [0.29, 0.717) is 12.0 Å². The van der Waals surface area contributed by atoms with Crippen LogP contribution in [0.25, 0.3) is 11.3 Å². The number of nitrogens with zero attached hydrogens (tertiary/aromatic N) is 3. The summed E-state index contributed by atoms with van der Waals surface area (Å²) in [6, 6.07) is 14.7. The number of hydrogen-bond donors (Lipinski definition) is 2. The Morgan fingerprint density at radius 2 is 2.00 bits per heavy atom. The van der Waals surface area contributed by atoms with Gasteiger partial charge in [0.25, 0.3) is 0 Å². The van der Waals surface area contributed by atoms with Gasteiger partial charge in [0.05, 0.1) is 5.69 Å². The van der Waals surface area contributed by atoms with E-state index in [1.54, 1.807) is 18.0 Å². The first-order valence-corrected chi connectivity index (χ1v) is 9.50. The van der Waals surface area contributed by atoms with E-state index in [1.165, 1.54) is 17.7 Å². The Morgan fingerprint density at radius 3 is 2.76 bits per heavy atom. The second kappa shape index (κ2) is 7.11. The van der Waals surface area contributed by atoms with E-state index in [-0.39, 0.29) is 0 Å². The molecule has 0 atom stereocenters. The molecule has 1 aliphatic carbocycles. The number of hydrogen-bond acceptors (Lipinski definition) is 6. The fraction of sp³-hybridized carbons (Fsp3) is 0.211. The van der Waals surface area contributed by atoms with Crippen molar-refractivity contribution in [2.24, 2.45) is 0 Å². The van der Waals surface area contributed by atoms with Gasteiger partial charge in [0, 0.05) is 40.6 Å². The Balaban J connectivity index is 1.67. The molecule has 1 aliphatic rings. The summed E-state index contributed by atoms with van der Waals surface area (Å²) < 4.78 is 0. The molecule has 0 amide bonds. The maximum atomic E-state index is 4.65. The van der Waals surface area contributed by atoms with Crippen LogP contribution in [0.2, 0.25) is 0 Å². The van der Waals surface area contributed by atoms with Crippen molar-refractivity contribution < 1.29 is 0 Å². The van der Waals surface area contributed by atoms with Crippen molar-refractivity contribution in [3.05, 3.63) is 54.9 Å². The van der Waals surface area contributed by atoms with Crippen molar-refractivity contribution in [3.63, 3.8) is 0 Å². The van der Waals surface area contributed by atoms with Crippen LogP contribution in [0.5, 0.6) is 0 Å². The molecule has 4 rings (SSSR count). The fourth-order valence-corrected chi connectivity index (χ4v) is 2.96. The highest BCUT2D eigenvalue weighted by Crippen LogP contribution is 2.28. The number of nitrogens with one attached hydrogen (secondary N) is 2. The maximum Gasteiger partial charge on any atom is 0.225 e. The van der Waals surface area contributed by atoms with E-state index in [4.69, 9.17) is 0 Å². The minimum absolute atomic E-state index is 0.497. The number of thioether (sulfide) groups is 1. The number of rotatable bonds is 6. The van der Waals surface area contributed by atoms with Gasteiger partial charge >= 0.3 is 0 Å². The molecule has 2 heterocycles. The van der Waals surface area contributed by atoms with Crippen LogP contribution in [0.15, 0.2) is 59.8 Å². The molecular weight excluding hydrogens is 330 g/mol. The van der Waals surface area contributed by atoms with Gasteiger partial charge < -0.3 is 10.6 Å². The molecule has 0 radical (unpaired) electrons. The van der Waals surface area contributed by atoms with Gasteiger partial charge in [-0.3, -0.25) is 4.98 Å². The molecule has 0 unspecified atom stereocenters. The van der Waals surface area contributed by atoms with E-state index < -0.39 is 0 Å². The molecule has 0 spiro atoms. The summed E-state index contributed by atoms with van der Waals surface area (Å²) >= 11 is 1.72. The van der Waals surface area contributed by atoms with Gasteiger partial charge in [-0.1, -0.05) is 6.07 Å². The Labute approximate surface area is 151 Å². The zero-order valence-corrected chi connectivity index (χ0v) is 14.8. The third-order valence-corrected chi connectivity index (χ3v) is 4.66. The van der Waals surface area contributed by atoms with E-state index >= 15 is 0 Å². The van der Waals surface area contributed by atoms with Crippen LogP contribution in [0.1, 0.15) is 12.8 Å². The van der Waals surface area contributed by atoms with Crippen LogP contribution in [0.4, 0.5) is 17.5 Å². The summed E-state index contributed by atoms with van der Waals surface area (Å²) in [6.45, 7) is 0. The third-order valence-electron chi connectivity index (χ3n) is 3.94. The Kier molecular flexibility index (Phi) is 4.52. The number of anilines is 3. The zero-order valence-electron chi connectivity index (χ0n) is 13.9. The Bertz CT molecular complexity index is 865. The van der Waals surface area contributed by atoms with Gasteiger partial charge in [-0.2, -0.15) is 4.98 Å². The average molecular weight is 349 g/mol. The van der Waals surface area contributed by atoms with Gasteiger partial charge in [-0.15, -0.1) is 11.8 Å². The molecule has 1 fully saturated rings. The molecule has 2 aromatic heterocycles. The SMILES string of the molecule is CSc1cccc(Nc2cc(-c3cccnc3)nc(NC3CC3)n2)c1. The molecule has 2 N–H and O–H groups in total. The normalized spacial score (nSPS) is 13.5. The number of aromatic nitrogens is 3. The van der Waals surface area contributed by atoms with Crippen molar-refractivity contribution in [1.29, 1.82) is 0 Å². The first-order valence-electron chi connectivity index (χ1n) is 8.27. The molecule has 126 valence electrons. The summed E-state index contributed by atoms with van der Waals surface area (Å²) in [5.74, 6) is 1.43. The molecule has 1 aromatic carbocycles. The van der Waals surface area contributed by atoms with Crippen molar-refractivity contribution in [1.82, 2.24) is 15.0 Å². The highest BCUT2D eigenvalue weighted by Gasteiger charge is 2.22. The summed E-state index contributed by atoms with van der Waals surface area (Å²) in [4.78, 5) is 14.7. The molecule has 6 heteroatoms. The standard InChI is InChI=1S/C19H19N5S/c1-25-16-6-2-5-15(10-16)21-18-11-17(13-4-3-9-20-12-13)23-19(24-18)22-14-7-8-14/h2-6,9-12,14H,7-8H2,1H3,(H2,21,22,23,24). The molecule has 0 saturated heterocycles. The van der Waals surface area contributed by atoms with Crippen molar-refractivity contribution in [3.8, 4) is 11.3 Å². The highest BCUT2D eigenvalue weighted by molar-refractivity contribution is 7.98. The van der Waals surface area contributed by atoms with Crippen LogP contribution in [-0.4, -0.2) is 27.2 Å². The summed E-state index contributed by atoms with van der Waals surface area (Å²) in [6.07, 6.45) is 8.02. The minimum Gasteiger partial charge on any atom is -0.351 e. The number of benzene rings is 1. The fourth-order valence-electron chi connectivity index (χ4n) is 2.50. The second-order valence-electron chi connectivity index (χ2n) is 5.98. The lowest BCUT2D eigenvalue weighted by Gasteiger charge is -2.11. The van der Waals surface area contributed by atoms with E-state index in [9.17, 15) is 0 Å². The van der Waals surface area contributed by atoms with Gasteiger partial charge in [-0.25, -0.2) is 4.98 Å². The summed E-state index contributed by atoms with van der Waals surface area (Å²) in [5.41, 5.74) is 2.85. The molecular formula is C19H19N5S.